The molecule has 4 N–H and O–H groups in total. The van der Waals surface area contributed by atoms with Gasteiger partial charge in [0.2, 0.25) is 5.91 Å². The first-order valence-electron chi connectivity index (χ1n) is 7.96. The van der Waals surface area contributed by atoms with Crippen molar-refractivity contribution in [3.05, 3.63) is 26.4 Å². The molecule has 0 radical (unpaired) electrons. The number of nitrogens with two attached hydrogens (primary N) is 1. The fourth-order valence-electron chi connectivity index (χ4n) is 2.50. The largest absolute Gasteiger partial charge is 0.384 e. The first kappa shape index (κ1) is 18.9. The summed E-state index contributed by atoms with van der Waals surface area (Å²) in [7, 11) is 3.11. The number of hydrogen-bond acceptors (Lipinski definition) is 7. The van der Waals surface area contributed by atoms with E-state index >= 15 is 0 Å². The van der Waals surface area contributed by atoms with Gasteiger partial charge in [-0.15, -0.1) is 0 Å². The molecule has 0 aromatic carbocycles. The number of carbonyl (C=O) groups is 2. The number of anilines is 1. The summed E-state index contributed by atoms with van der Waals surface area (Å²) in [6.45, 7) is 0.572. The summed E-state index contributed by atoms with van der Waals surface area (Å²) in [6.07, 6.45) is 1.57. The second-order valence-corrected chi connectivity index (χ2v) is 6.06. The van der Waals surface area contributed by atoms with E-state index < -0.39 is 17.0 Å². The van der Waals surface area contributed by atoms with Gasteiger partial charge in [0, 0.05) is 19.7 Å². The van der Waals surface area contributed by atoms with Crippen molar-refractivity contribution in [1.82, 2.24) is 19.8 Å². The molecular weight excluding hydrogens is 330 g/mol. The predicted molar refractivity (Wildman–Crippen MR) is 90.7 cm³/mol. The van der Waals surface area contributed by atoms with E-state index in [-0.39, 0.29) is 36.4 Å². The fraction of sp³-hybridized carbons (Fsp3) is 0.600. The summed E-state index contributed by atoms with van der Waals surface area (Å²) in [4.78, 5) is 51.6. The molecule has 0 bridgehead atoms. The molecule has 2 rings (SSSR count). The van der Waals surface area contributed by atoms with E-state index in [9.17, 15) is 19.2 Å². The Kier molecular flexibility index (Phi) is 6.10. The monoisotopic (exact) mass is 353 g/mol. The van der Waals surface area contributed by atoms with Crippen molar-refractivity contribution < 1.29 is 14.3 Å². The quantitative estimate of drug-likeness (QED) is 0.356. The number of likely N-dealkylation sites (N-methyl/N-ethyl adjacent to an activating group) is 1. The van der Waals surface area contributed by atoms with Crippen LogP contribution in [0.15, 0.2) is 9.59 Å². The van der Waals surface area contributed by atoms with Gasteiger partial charge in [-0.1, -0.05) is 0 Å². The van der Waals surface area contributed by atoms with Crippen molar-refractivity contribution in [2.45, 2.75) is 18.9 Å². The summed E-state index contributed by atoms with van der Waals surface area (Å²) in [5.41, 5.74) is 4.25. The average Bonchev–Trinajstić information content (AvgIpc) is 3.31. The second-order valence-electron chi connectivity index (χ2n) is 6.06. The van der Waals surface area contributed by atoms with Crippen LogP contribution in [-0.4, -0.2) is 66.5 Å². The van der Waals surface area contributed by atoms with Crippen LogP contribution in [0.4, 0.5) is 5.82 Å². The van der Waals surface area contributed by atoms with Gasteiger partial charge < -0.3 is 15.8 Å². The number of rotatable bonds is 9. The van der Waals surface area contributed by atoms with Crippen molar-refractivity contribution in [2.24, 2.45) is 0 Å². The average molecular weight is 353 g/mol. The van der Waals surface area contributed by atoms with E-state index in [0.29, 0.717) is 13.2 Å². The van der Waals surface area contributed by atoms with E-state index in [0.717, 1.165) is 12.8 Å². The van der Waals surface area contributed by atoms with Crippen LogP contribution in [0.3, 0.4) is 0 Å². The number of nitrogens with one attached hydrogen (secondary N) is 2. The van der Waals surface area contributed by atoms with Gasteiger partial charge in [-0.05, 0) is 19.9 Å². The maximum atomic E-state index is 12.4. The molecule has 10 nitrogen and oxygen atoms in total. The highest BCUT2D eigenvalue weighted by atomic mass is 16.5. The molecular formula is C15H23N5O5. The Morgan fingerprint density at radius 3 is 2.64 bits per heavy atom. The van der Waals surface area contributed by atoms with Gasteiger partial charge in [-0.2, -0.15) is 0 Å². The van der Waals surface area contributed by atoms with Gasteiger partial charge in [0.15, 0.2) is 5.78 Å². The van der Waals surface area contributed by atoms with Crippen molar-refractivity contribution >= 4 is 17.5 Å². The van der Waals surface area contributed by atoms with Crippen LogP contribution in [-0.2, 0) is 9.53 Å². The number of ketones is 1. The van der Waals surface area contributed by atoms with E-state index in [4.69, 9.17) is 10.5 Å². The molecule has 1 saturated carbocycles. The van der Waals surface area contributed by atoms with Crippen molar-refractivity contribution in [2.75, 3.05) is 46.1 Å². The number of aromatic amines is 1. The number of carbonyl (C=O) groups excluding carboxylic acids is 2. The first-order chi connectivity index (χ1) is 11.8. The molecule has 0 spiro atoms. The number of H-pyrrole nitrogens is 1. The number of nitrogen functional groups attached to an aromatic ring is 1. The molecule has 1 aliphatic rings. The maximum absolute atomic E-state index is 12.4. The van der Waals surface area contributed by atoms with Crippen LogP contribution >= 0.6 is 0 Å². The highest BCUT2D eigenvalue weighted by Crippen LogP contribution is 2.35. The summed E-state index contributed by atoms with van der Waals surface area (Å²) in [6, 6.07) is -0.0693. The Bertz CT molecular complexity index is 765. The number of aromatic nitrogens is 2. The summed E-state index contributed by atoms with van der Waals surface area (Å²) >= 11 is 0. The molecule has 0 aliphatic heterocycles. The van der Waals surface area contributed by atoms with E-state index in [1.54, 1.807) is 7.05 Å². The van der Waals surface area contributed by atoms with Gasteiger partial charge in [-0.25, -0.2) is 4.79 Å². The number of ether oxygens (including phenoxy) is 1. The lowest BCUT2D eigenvalue weighted by Crippen LogP contribution is -2.41. The SMILES string of the molecule is COCCNC(=O)CN(C)CC(=O)c1c(N)n(C2CC2)c(=O)[nH]c1=O. The minimum Gasteiger partial charge on any atom is -0.384 e. The number of nitrogens with zero attached hydrogens (tertiary/aromatic N) is 2. The van der Waals surface area contributed by atoms with E-state index in [2.05, 4.69) is 10.3 Å². The summed E-state index contributed by atoms with van der Waals surface area (Å²) in [5.74, 6) is -0.920. The van der Waals surface area contributed by atoms with Gasteiger partial charge in [0.25, 0.3) is 5.56 Å². The second kappa shape index (κ2) is 8.08. The zero-order valence-electron chi connectivity index (χ0n) is 14.3. The molecule has 0 unspecified atom stereocenters. The Labute approximate surface area is 143 Å². The van der Waals surface area contributed by atoms with Crippen molar-refractivity contribution in [3.8, 4) is 0 Å². The highest BCUT2D eigenvalue weighted by molar-refractivity contribution is 6.01. The number of hydrogen-bond donors (Lipinski definition) is 3. The normalized spacial score (nSPS) is 13.9. The van der Waals surface area contributed by atoms with Gasteiger partial charge in [0.1, 0.15) is 11.4 Å². The molecule has 1 amide bonds. The molecule has 0 atom stereocenters. The topological polar surface area (TPSA) is 140 Å². The van der Waals surface area contributed by atoms with Gasteiger partial charge >= 0.3 is 5.69 Å². The summed E-state index contributed by atoms with van der Waals surface area (Å²) < 4.78 is 6.08. The van der Waals surface area contributed by atoms with Crippen LogP contribution in [0.5, 0.6) is 0 Å². The Balaban J connectivity index is 2.05. The molecule has 1 aliphatic carbocycles. The predicted octanol–water partition coefficient (Wildman–Crippen LogP) is -1.67. The fourth-order valence-corrected chi connectivity index (χ4v) is 2.50. The van der Waals surface area contributed by atoms with Crippen LogP contribution in [0.25, 0.3) is 0 Å². The third kappa shape index (κ3) is 4.77. The van der Waals surface area contributed by atoms with Crippen molar-refractivity contribution in [1.29, 1.82) is 0 Å². The minimum absolute atomic E-state index is 0.0183. The number of methoxy groups -OCH3 is 1. The lowest BCUT2D eigenvalue weighted by atomic mass is 10.2. The van der Waals surface area contributed by atoms with Crippen LogP contribution < -0.4 is 22.3 Å². The molecule has 1 aromatic rings. The van der Waals surface area contributed by atoms with Gasteiger partial charge in [-0.3, -0.25) is 28.8 Å². The number of Topliss-reactive ketones (excluding diaryl/α,β-unsaturated/α-hetero) is 1. The standard InChI is InChI=1S/C15H23N5O5/c1-19(8-11(22)17-5-6-25-2)7-10(21)12-13(16)20(9-3-4-9)15(24)18-14(12)23/h9H,3-8,16H2,1-2H3,(H,17,22)(H,18,23,24). The van der Waals surface area contributed by atoms with Crippen LogP contribution in [0.2, 0.25) is 0 Å². The Morgan fingerprint density at radius 2 is 2.04 bits per heavy atom. The molecule has 1 aromatic heterocycles. The van der Waals surface area contributed by atoms with Crippen LogP contribution in [0.1, 0.15) is 29.2 Å². The summed E-state index contributed by atoms with van der Waals surface area (Å²) in [5, 5.41) is 2.64. The van der Waals surface area contributed by atoms with Crippen molar-refractivity contribution in [3.63, 3.8) is 0 Å². The van der Waals surface area contributed by atoms with E-state index in [1.807, 2.05) is 0 Å². The third-order valence-corrected chi connectivity index (χ3v) is 3.83. The van der Waals surface area contributed by atoms with Crippen LogP contribution in [0, 0.1) is 0 Å². The molecule has 1 heterocycles. The Hall–Kier alpha value is -2.46. The smallest absolute Gasteiger partial charge is 0.330 e. The molecule has 10 heteroatoms. The number of amides is 1. The molecule has 138 valence electrons. The highest BCUT2D eigenvalue weighted by Gasteiger charge is 2.30. The molecule has 0 saturated heterocycles. The molecule has 1 fully saturated rings. The minimum atomic E-state index is -0.803. The first-order valence-corrected chi connectivity index (χ1v) is 7.96. The van der Waals surface area contributed by atoms with Gasteiger partial charge in [0.05, 0.1) is 19.7 Å². The lowest BCUT2D eigenvalue weighted by Gasteiger charge is -2.16. The lowest BCUT2D eigenvalue weighted by molar-refractivity contribution is -0.122. The molecule has 25 heavy (non-hydrogen) atoms. The van der Waals surface area contributed by atoms with E-state index in [1.165, 1.54) is 16.6 Å². The maximum Gasteiger partial charge on any atom is 0.330 e. The third-order valence-electron chi connectivity index (χ3n) is 3.83. The zero-order chi connectivity index (χ0) is 18.6. The Morgan fingerprint density at radius 1 is 1.36 bits per heavy atom. The zero-order valence-corrected chi connectivity index (χ0v) is 14.3.